The lowest BCUT2D eigenvalue weighted by atomic mass is 10.1. The van der Waals surface area contributed by atoms with E-state index in [4.69, 9.17) is 0 Å². The Morgan fingerprint density at radius 2 is 1.93 bits per heavy atom. The number of aliphatic hydroxyl groups is 1. The van der Waals surface area contributed by atoms with Crippen LogP contribution in [0, 0.1) is 12.7 Å². The van der Waals surface area contributed by atoms with E-state index in [1.807, 2.05) is 0 Å². The standard InChI is InChI=1S/C10H13FO3S/c1-6-4-8(11)10(7(2)12)9(5-6)15(3,13)14/h4-5,7,12H,1-3H3. The van der Waals surface area contributed by atoms with Crippen LogP contribution in [0.2, 0.25) is 0 Å². The van der Waals surface area contributed by atoms with Crippen molar-refractivity contribution in [3.05, 3.63) is 29.1 Å². The maximum atomic E-state index is 13.5. The lowest BCUT2D eigenvalue weighted by Crippen LogP contribution is -2.08. The zero-order valence-electron chi connectivity index (χ0n) is 8.78. The molecule has 0 bridgehead atoms. The normalized spacial score (nSPS) is 13.9. The number of halogens is 1. The van der Waals surface area contributed by atoms with Crippen LogP contribution < -0.4 is 0 Å². The molecule has 0 aliphatic carbocycles. The molecular weight excluding hydrogens is 219 g/mol. The van der Waals surface area contributed by atoms with Gasteiger partial charge >= 0.3 is 0 Å². The van der Waals surface area contributed by atoms with Crippen LogP contribution in [0.15, 0.2) is 17.0 Å². The summed E-state index contributed by atoms with van der Waals surface area (Å²) in [5.41, 5.74) is 0.348. The average Bonchev–Trinajstić information content (AvgIpc) is 1.99. The highest BCUT2D eigenvalue weighted by molar-refractivity contribution is 7.90. The van der Waals surface area contributed by atoms with Gasteiger partial charge in [0.2, 0.25) is 0 Å². The van der Waals surface area contributed by atoms with E-state index in [0.717, 1.165) is 6.26 Å². The molecule has 1 rings (SSSR count). The first-order chi connectivity index (χ1) is 6.73. The minimum Gasteiger partial charge on any atom is -0.389 e. The number of benzene rings is 1. The summed E-state index contributed by atoms with van der Waals surface area (Å²) in [6.45, 7) is 2.94. The Bertz CT molecular complexity index is 478. The maximum Gasteiger partial charge on any atom is 0.176 e. The van der Waals surface area contributed by atoms with E-state index in [0.29, 0.717) is 5.56 Å². The van der Waals surface area contributed by atoms with Crippen LogP contribution >= 0.6 is 0 Å². The third kappa shape index (κ3) is 2.54. The van der Waals surface area contributed by atoms with Crippen molar-refractivity contribution in [3.8, 4) is 0 Å². The van der Waals surface area contributed by atoms with E-state index < -0.39 is 21.8 Å². The minimum atomic E-state index is -3.52. The van der Waals surface area contributed by atoms with Gasteiger partial charge in [0.05, 0.1) is 11.0 Å². The van der Waals surface area contributed by atoms with E-state index in [1.165, 1.54) is 19.1 Å². The molecule has 15 heavy (non-hydrogen) atoms. The van der Waals surface area contributed by atoms with Gasteiger partial charge in [-0.05, 0) is 31.5 Å². The molecule has 0 aromatic heterocycles. The molecular formula is C10H13FO3S. The fourth-order valence-corrected chi connectivity index (χ4v) is 2.50. The highest BCUT2D eigenvalue weighted by Crippen LogP contribution is 2.26. The lowest BCUT2D eigenvalue weighted by Gasteiger charge is -2.12. The molecule has 3 nitrogen and oxygen atoms in total. The van der Waals surface area contributed by atoms with E-state index in [1.54, 1.807) is 6.92 Å². The first-order valence-electron chi connectivity index (χ1n) is 4.41. The molecule has 5 heteroatoms. The molecule has 0 radical (unpaired) electrons. The Balaban J connectivity index is 3.62. The van der Waals surface area contributed by atoms with E-state index in [-0.39, 0.29) is 10.5 Å². The van der Waals surface area contributed by atoms with Crippen LogP contribution in [-0.2, 0) is 9.84 Å². The molecule has 1 aromatic carbocycles. The predicted octanol–water partition coefficient (Wildman–Crippen LogP) is 1.59. The van der Waals surface area contributed by atoms with E-state index in [2.05, 4.69) is 0 Å². The fraction of sp³-hybridized carbons (Fsp3) is 0.400. The minimum absolute atomic E-state index is 0.144. The van der Waals surface area contributed by atoms with E-state index >= 15 is 0 Å². The molecule has 0 saturated heterocycles. The monoisotopic (exact) mass is 232 g/mol. The van der Waals surface area contributed by atoms with Crippen molar-refractivity contribution in [1.82, 2.24) is 0 Å². The number of hydrogen-bond acceptors (Lipinski definition) is 3. The average molecular weight is 232 g/mol. The molecule has 1 unspecified atom stereocenters. The summed E-state index contributed by atoms with van der Waals surface area (Å²) in [5.74, 6) is -0.689. The van der Waals surface area contributed by atoms with Crippen LogP contribution in [0.25, 0.3) is 0 Å². The Labute approximate surface area is 88.5 Å². The quantitative estimate of drug-likeness (QED) is 0.842. The molecule has 1 atom stereocenters. The SMILES string of the molecule is Cc1cc(F)c(C(C)O)c(S(C)(=O)=O)c1. The lowest BCUT2D eigenvalue weighted by molar-refractivity contribution is 0.190. The summed E-state index contributed by atoms with van der Waals surface area (Å²) in [7, 11) is -3.52. The first-order valence-corrected chi connectivity index (χ1v) is 6.31. The van der Waals surface area contributed by atoms with Crippen LogP contribution in [0.5, 0.6) is 0 Å². The Morgan fingerprint density at radius 1 is 1.40 bits per heavy atom. The number of sulfone groups is 1. The third-order valence-corrected chi connectivity index (χ3v) is 3.19. The Hall–Kier alpha value is -0.940. The summed E-state index contributed by atoms with van der Waals surface area (Å²) >= 11 is 0. The molecule has 84 valence electrons. The van der Waals surface area contributed by atoms with Gasteiger partial charge in [0, 0.05) is 11.8 Å². The van der Waals surface area contributed by atoms with Gasteiger partial charge in [-0.3, -0.25) is 0 Å². The van der Waals surface area contributed by atoms with E-state index in [9.17, 15) is 17.9 Å². The van der Waals surface area contributed by atoms with Crippen molar-refractivity contribution >= 4 is 9.84 Å². The second-order valence-corrected chi connectivity index (χ2v) is 5.59. The molecule has 1 aromatic rings. The van der Waals surface area contributed by atoms with Crippen LogP contribution in [0.3, 0.4) is 0 Å². The van der Waals surface area contributed by atoms with Crippen molar-refractivity contribution in [3.63, 3.8) is 0 Å². The molecule has 0 spiro atoms. The van der Waals surface area contributed by atoms with Gasteiger partial charge in [-0.25, -0.2) is 12.8 Å². The molecule has 0 aliphatic heterocycles. The zero-order chi connectivity index (χ0) is 11.8. The third-order valence-electron chi connectivity index (χ3n) is 2.05. The summed E-state index contributed by atoms with van der Waals surface area (Å²) in [4.78, 5) is -0.144. The van der Waals surface area contributed by atoms with Crippen molar-refractivity contribution in [2.75, 3.05) is 6.26 Å². The Morgan fingerprint density at radius 3 is 2.33 bits per heavy atom. The van der Waals surface area contributed by atoms with Gasteiger partial charge in [0.25, 0.3) is 0 Å². The molecule has 1 N–H and O–H groups in total. The first kappa shape index (κ1) is 12.1. The van der Waals surface area contributed by atoms with Gasteiger partial charge in [0.15, 0.2) is 9.84 Å². The summed E-state index contributed by atoms with van der Waals surface area (Å²) < 4.78 is 36.2. The van der Waals surface area contributed by atoms with Crippen molar-refractivity contribution in [2.45, 2.75) is 24.8 Å². The fourth-order valence-electron chi connectivity index (χ4n) is 1.43. The predicted molar refractivity (Wildman–Crippen MR) is 54.9 cm³/mol. The number of aliphatic hydroxyl groups excluding tert-OH is 1. The van der Waals surface area contributed by atoms with Gasteiger partial charge in [0.1, 0.15) is 5.82 Å². The van der Waals surface area contributed by atoms with Gasteiger partial charge < -0.3 is 5.11 Å². The zero-order valence-corrected chi connectivity index (χ0v) is 9.60. The largest absolute Gasteiger partial charge is 0.389 e. The second kappa shape index (κ2) is 3.90. The number of aryl methyl sites for hydroxylation is 1. The highest BCUT2D eigenvalue weighted by atomic mass is 32.2. The maximum absolute atomic E-state index is 13.5. The smallest absolute Gasteiger partial charge is 0.176 e. The second-order valence-electron chi connectivity index (χ2n) is 3.61. The molecule has 0 heterocycles. The van der Waals surface area contributed by atoms with Crippen LogP contribution in [0.4, 0.5) is 4.39 Å². The highest BCUT2D eigenvalue weighted by Gasteiger charge is 2.21. The van der Waals surface area contributed by atoms with Crippen molar-refractivity contribution in [1.29, 1.82) is 0 Å². The van der Waals surface area contributed by atoms with Gasteiger partial charge in [-0.1, -0.05) is 0 Å². The number of rotatable bonds is 2. The molecule has 0 saturated carbocycles. The van der Waals surface area contributed by atoms with Gasteiger partial charge in [-0.2, -0.15) is 0 Å². The van der Waals surface area contributed by atoms with Crippen molar-refractivity contribution < 1.29 is 17.9 Å². The van der Waals surface area contributed by atoms with Crippen molar-refractivity contribution in [2.24, 2.45) is 0 Å². The Kier molecular flexibility index (Phi) is 3.16. The summed E-state index contributed by atoms with van der Waals surface area (Å²) in [6, 6.07) is 2.57. The summed E-state index contributed by atoms with van der Waals surface area (Å²) in [5, 5.41) is 9.34. The van der Waals surface area contributed by atoms with Crippen LogP contribution in [-0.4, -0.2) is 19.8 Å². The topological polar surface area (TPSA) is 54.4 Å². The van der Waals surface area contributed by atoms with Crippen LogP contribution in [0.1, 0.15) is 24.2 Å². The molecule has 0 amide bonds. The molecule has 0 fully saturated rings. The van der Waals surface area contributed by atoms with Gasteiger partial charge in [-0.15, -0.1) is 0 Å². The molecule has 0 aliphatic rings. The number of hydrogen-bond donors (Lipinski definition) is 1. The summed E-state index contributed by atoms with van der Waals surface area (Å²) in [6.07, 6.45) is -0.150.